The van der Waals surface area contributed by atoms with Crippen LogP contribution in [-0.2, 0) is 15.8 Å². The van der Waals surface area contributed by atoms with Gasteiger partial charge in [-0.25, -0.2) is 9.78 Å². The highest BCUT2D eigenvalue weighted by atomic mass is 35.5. The number of anilines is 2. The standard InChI is InChI=1S/C25H25Cl2F3N6O3/c26-16-3-4-19(17(14-16)25(28,29)30)32-23(38)36-8-5-24(6-9-36)15-20(33-39-24)22(37)35-12-10-34(11-13-35)21-18(27)2-1-7-31-21/h1-4,7,14H,5-6,8-13,15H2,(H,32,38). The first-order valence-corrected chi connectivity index (χ1v) is 13.1. The van der Waals surface area contributed by atoms with Gasteiger partial charge in [0.25, 0.3) is 5.91 Å². The molecule has 9 nitrogen and oxygen atoms in total. The highest BCUT2D eigenvalue weighted by Gasteiger charge is 2.45. The fourth-order valence-electron chi connectivity index (χ4n) is 4.99. The van der Waals surface area contributed by atoms with E-state index in [9.17, 15) is 22.8 Å². The van der Waals surface area contributed by atoms with Crippen LogP contribution in [0.3, 0.4) is 0 Å². The lowest BCUT2D eigenvalue weighted by Gasteiger charge is -2.37. The van der Waals surface area contributed by atoms with Gasteiger partial charge in [0.15, 0.2) is 0 Å². The molecule has 2 aromatic rings. The molecule has 2 fully saturated rings. The molecule has 0 unspecified atom stereocenters. The van der Waals surface area contributed by atoms with Gasteiger partial charge < -0.3 is 24.9 Å². The lowest BCUT2D eigenvalue weighted by atomic mass is 9.86. The topological polar surface area (TPSA) is 90.4 Å². The Morgan fingerprint density at radius 2 is 1.72 bits per heavy atom. The van der Waals surface area contributed by atoms with Crippen molar-refractivity contribution in [2.75, 3.05) is 49.5 Å². The summed E-state index contributed by atoms with van der Waals surface area (Å²) < 4.78 is 40.1. The molecular weight excluding hydrogens is 560 g/mol. The van der Waals surface area contributed by atoms with E-state index in [1.165, 1.54) is 11.0 Å². The van der Waals surface area contributed by atoms with Crippen LogP contribution in [0.4, 0.5) is 29.5 Å². The van der Waals surface area contributed by atoms with E-state index in [4.69, 9.17) is 28.0 Å². The van der Waals surface area contributed by atoms with Crippen molar-refractivity contribution in [1.82, 2.24) is 14.8 Å². The SMILES string of the molecule is O=C(Nc1ccc(Cl)cc1C(F)(F)F)N1CCC2(CC1)CC(C(=O)N1CCN(c3ncccc3Cl)CC1)=NO2. The average molecular weight is 585 g/mol. The molecule has 4 heterocycles. The number of hydrogen-bond acceptors (Lipinski definition) is 6. The van der Waals surface area contributed by atoms with E-state index < -0.39 is 23.4 Å². The van der Waals surface area contributed by atoms with Crippen LogP contribution >= 0.6 is 23.2 Å². The number of aromatic nitrogens is 1. The summed E-state index contributed by atoms with van der Waals surface area (Å²) in [5.41, 5.74) is -1.77. The Kier molecular flexibility index (Phi) is 7.51. The lowest BCUT2D eigenvalue weighted by Crippen LogP contribution is -2.52. The molecule has 5 rings (SSSR count). The summed E-state index contributed by atoms with van der Waals surface area (Å²) in [5, 5.41) is 6.91. The summed E-state index contributed by atoms with van der Waals surface area (Å²) in [7, 11) is 0. The highest BCUT2D eigenvalue weighted by molar-refractivity contribution is 6.39. The van der Waals surface area contributed by atoms with Crippen molar-refractivity contribution in [2.45, 2.75) is 31.0 Å². The van der Waals surface area contributed by atoms with E-state index in [2.05, 4.69) is 15.5 Å². The van der Waals surface area contributed by atoms with Crippen LogP contribution in [0.2, 0.25) is 10.0 Å². The van der Waals surface area contributed by atoms with Gasteiger partial charge in [-0.1, -0.05) is 28.4 Å². The van der Waals surface area contributed by atoms with Gasteiger partial charge in [0.2, 0.25) is 0 Å². The molecule has 0 atom stereocenters. The van der Waals surface area contributed by atoms with Crippen molar-refractivity contribution in [2.24, 2.45) is 5.16 Å². The first kappa shape index (κ1) is 27.3. The van der Waals surface area contributed by atoms with Gasteiger partial charge in [-0.05, 0) is 30.3 Å². The number of likely N-dealkylation sites (tertiary alicyclic amines) is 1. The summed E-state index contributed by atoms with van der Waals surface area (Å²) in [5.74, 6) is 0.495. The molecule has 1 spiro atoms. The van der Waals surface area contributed by atoms with E-state index in [0.29, 0.717) is 62.0 Å². The van der Waals surface area contributed by atoms with Crippen LogP contribution in [-0.4, -0.2) is 77.3 Å². The molecule has 1 aromatic heterocycles. The number of oxime groups is 1. The molecule has 39 heavy (non-hydrogen) atoms. The fourth-order valence-corrected chi connectivity index (χ4v) is 5.40. The third kappa shape index (κ3) is 5.86. The zero-order valence-corrected chi connectivity index (χ0v) is 22.2. The van der Waals surface area contributed by atoms with Crippen molar-refractivity contribution in [1.29, 1.82) is 0 Å². The molecule has 3 amide bonds. The molecule has 0 radical (unpaired) electrons. The number of nitrogens with zero attached hydrogens (tertiary/aromatic N) is 5. The molecule has 2 saturated heterocycles. The van der Waals surface area contributed by atoms with Crippen molar-refractivity contribution < 1.29 is 27.6 Å². The van der Waals surface area contributed by atoms with Gasteiger partial charge in [-0.3, -0.25) is 4.79 Å². The Labute approximate surface area is 232 Å². The number of pyridine rings is 1. The predicted octanol–water partition coefficient (Wildman–Crippen LogP) is 4.90. The number of urea groups is 1. The number of carbonyl (C=O) groups excluding carboxylic acids is 2. The number of hydrogen-bond donors (Lipinski definition) is 1. The van der Waals surface area contributed by atoms with E-state index >= 15 is 0 Å². The number of benzene rings is 1. The maximum Gasteiger partial charge on any atom is 0.418 e. The second-order valence-electron chi connectivity index (χ2n) is 9.68. The van der Waals surface area contributed by atoms with E-state index in [-0.39, 0.29) is 29.7 Å². The second-order valence-corrected chi connectivity index (χ2v) is 10.5. The Balaban J connectivity index is 1.13. The molecule has 14 heteroatoms. The number of alkyl halides is 3. The van der Waals surface area contributed by atoms with Crippen molar-refractivity contribution in [3.8, 4) is 0 Å². The molecule has 1 aromatic carbocycles. The number of amides is 3. The van der Waals surface area contributed by atoms with Gasteiger partial charge in [-0.2, -0.15) is 13.2 Å². The van der Waals surface area contributed by atoms with Gasteiger partial charge in [-0.15, -0.1) is 0 Å². The predicted molar refractivity (Wildman–Crippen MR) is 140 cm³/mol. The first-order chi connectivity index (χ1) is 18.5. The van der Waals surface area contributed by atoms with E-state index in [1.54, 1.807) is 23.2 Å². The van der Waals surface area contributed by atoms with Crippen LogP contribution in [0.1, 0.15) is 24.8 Å². The Bertz CT molecular complexity index is 1290. The minimum atomic E-state index is -4.67. The summed E-state index contributed by atoms with van der Waals surface area (Å²) in [6, 6.07) is 6.08. The second kappa shape index (κ2) is 10.7. The van der Waals surface area contributed by atoms with Crippen LogP contribution in [0.5, 0.6) is 0 Å². The van der Waals surface area contributed by atoms with Crippen LogP contribution < -0.4 is 10.2 Å². The van der Waals surface area contributed by atoms with Gasteiger partial charge in [0.1, 0.15) is 17.1 Å². The number of piperazine rings is 1. The number of halogens is 5. The van der Waals surface area contributed by atoms with Crippen molar-refractivity contribution >= 4 is 52.4 Å². The molecule has 1 N–H and O–H groups in total. The summed E-state index contributed by atoms with van der Waals surface area (Å²) in [6.07, 6.45) is -1.91. The van der Waals surface area contributed by atoms with Gasteiger partial charge in [0, 0.05) is 69.8 Å². The van der Waals surface area contributed by atoms with Crippen LogP contribution in [0.15, 0.2) is 41.7 Å². The van der Waals surface area contributed by atoms with Crippen LogP contribution in [0.25, 0.3) is 0 Å². The number of rotatable bonds is 3. The third-order valence-electron chi connectivity index (χ3n) is 7.18. The smallest absolute Gasteiger partial charge is 0.388 e. The zero-order chi connectivity index (χ0) is 27.8. The van der Waals surface area contributed by atoms with Crippen molar-refractivity contribution in [3.05, 3.63) is 52.1 Å². The molecule has 3 aliphatic rings. The van der Waals surface area contributed by atoms with Gasteiger partial charge in [0.05, 0.1) is 16.3 Å². The van der Waals surface area contributed by atoms with E-state index in [0.717, 1.165) is 12.1 Å². The monoisotopic (exact) mass is 584 g/mol. The molecule has 0 saturated carbocycles. The summed E-state index contributed by atoms with van der Waals surface area (Å²) in [4.78, 5) is 41.1. The summed E-state index contributed by atoms with van der Waals surface area (Å²) >= 11 is 12.0. The normalized spacial score (nSPS) is 19.1. The maximum absolute atomic E-state index is 13.4. The molecule has 0 aliphatic carbocycles. The number of carbonyl (C=O) groups is 2. The van der Waals surface area contributed by atoms with E-state index in [1.807, 2.05) is 4.90 Å². The van der Waals surface area contributed by atoms with Crippen LogP contribution in [0, 0.1) is 0 Å². The average Bonchev–Trinajstić information content (AvgIpc) is 3.32. The molecule has 208 valence electrons. The third-order valence-corrected chi connectivity index (χ3v) is 7.71. The lowest BCUT2D eigenvalue weighted by molar-refractivity contribution is -0.137. The number of piperidine rings is 1. The van der Waals surface area contributed by atoms with Gasteiger partial charge >= 0.3 is 12.2 Å². The largest absolute Gasteiger partial charge is 0.418 e. The Morgan fingerprint density at radius 1 is 1.00 bits per heavy atom. The quantitative estimate of drug-likeness (QED) is 0.554. The fraction of sp³-hybridized carbons (Fsp3) is 0.440. The Morgan fingerprint density at radius 3 is 2.38 bits per heavy atom. The zero-order valence-electron chi connectivity index (χ0n) is 20.7. The first-order valence-electron chi connectivity index (χ1n) is 12.4. The molecular formula is C25H25Cl2F3N6O3. The Hall–Kier alpha value is -3.25. The molecule has 0 bridgehead atoms. The van der Waals surface area contributed by atoms with Crippen molar-refractivity contribution in [3.63, 3.8) is 0 Å². The minimum absolute atomic E-state index is 0.0801. The summed E-state index contributed by atoms with van der Waals surface area (Å²) in [6.45, 7) is 2.60. The number of nitrogens with one attached hydrogen (secondary N) is 1. The molecule has 3 aliphatic heterocycles. The maximum atomic E-state index is 13.4. The highest BCUT2D eigenvalue weighted by Crippen LogP contribution is 2.38. The minimum Gasteiger partial charge on any atom is -0.388 e.